The first-order valence-corrected chi connectivity index (χ1v) is 6.07. The molecule has 0 aromatic heterocycles. The van der Waals surface area contributed by atoms with Crippen LogP contribution in [0.4, 0.5) is 11.4 Å². The van der Waals surface area contributed by atoms with Crippen molar-refractivity contribution in [1.82, 2.24) is 0 Å². The Labute approximate surface area is 108 Å². The molecule has 1 saturated heterocycles. The Morgan fingerprint density at radius 3 is 2.94 bits per heavy atom. The highest BCUT2D eigenvalue weighted by Crippen LogP contribution is 2.29. The summed E-state index contributed by atoms with van der Waals surface area (Å²) in [6.45, 7) is 1.49. The monoisotopic (exact) mass is 299 g/mol. The Morgan fingerprint density at radius 1 is 1.53 bits per heavy atom. The van der Waals surface area contributed by atoms with Gasteiger partial charge in [-0.15, -0.1) is 0 Å². The summed E-state index contributed by atoms with van der Waals surface area (Å²) in [6.07, 6.45) is 0. The van der Waals surface area contributed by atoms with Crippen LogP contribution in [0.15, 0.2) is 22.7 Å². The SMILES string of the molecule is NC(=O)C1COCCN1c1ccc(Br)cc1N. The summed E-state index contributed by atoms with van der Waals surface area (Å²) >= 11 is 3.35. The van der Waals surface area contributed by atoms with E-state index in [1.807, 2.05) is 23.1 Å². The third-order valence-corrected chi connectivity index (χ3v) is 3.25. The van der Waals surface area contributed by atoms with Crippen molar-refractivity contribution in [3.8, 4) is 0 Å². The standard InChI is InChI=1S/C11H14BrN3O2/c12-7-1-2-9(8(13)5-7)15-3-4-17-6-10(15)11(14)16/h1-2,5,10H,3-4,6,13H2,(H2,14,16). The molecule has 1 aliphatic rings. The number of hydrogen-bond acceptors (Lipinski definition) is 4. The minimum atomic E-state index is -0.452. The maximum absolute atomic E-state index is 11.4. The van der Waals surface area contributed by atoms with E-state index in [-0.39, 0.29) is 0 Å². The molecule has 5 nitrogen and oxygen atoms in total. The van der Waals surface area contributed by atoms with Crippen molar-refractivity contribution in [3.63, 3.8) is 0 Å². The first-order chi connectivity index (χ1) is 8.09. The summed E-state index contributed by atoms with van der Waals surface area (Å²) in [6, 6.07) is 5.12. The van der Waals surface area contributed by atoms with Gasteiger partial charge in [0.2, 0.25) is 5.91 Å². The molecule has 0 spiro atoms. The molecule has 1 heterocycles. The number of halogens is 1. The highest BCUT2D eigenvalue weighted by atomic mass is 79.9. The number of nitrogen functional groups attached to an aromatic ring is 1. The lowest BCUT2D eigenvalue weighted by Crippen LogP contribution is -2.52. The predicted octanol–water partition coefficient (Wildman–Crippen LogP) is 0.722. The average molecular weight is 300 g/mol. The van der Waals surface area contributed by atoms with Crippen molar-refractivity contribution in [1.29, 1.82) is 0 Å². The Kier molecular flexibility index (Phi) is 3.54. The van der Waals surface area contributed by atoms with E-state index in [0.29, 0.717) is 25.4 Å². The lowest BCUT2D eigenvalue weighted by Gasteiger charge is -2.36. The van der Waals surface area contributed by atoms with Gasteiger partial charge in [0.1, 0.15) is 6.04 Å². The van der Waals surface area contributed by atoms with Gasteiger partial charge in [0.05, 0.1) is 24.6 Å². The lowest BCUT2D eigenvalue weighted by atomic mass is 10.1. The number of primary amides is 1. The number of rotatable bonds is 2. The fourth-order valence-electron chi connectivity index (χ4n) is 1.91. The second-order valence-corrected chi connectivity index (χ2v) is 4.81. The molecule has 1 aromatic rings. The molecule has 0 aliphatic carbocycles. The molecule has 1 aromatic carbocycles. The van der Waals surface area contributed by atoms with Crippen LogP contribution in [0, 0.1) is 0 Å². The number of morpholine rings is 1. The van der Waals surface area contributed by atoms with E-state index in [1.54, 1.807) is 0 Å². The molecule has 4 N–H and O–H groups in total. The van der Waals surface area contributed by atoms with Crippen LogP contribution >= 0.6 is 15.9 Å². The van der Waals surface area contributed by atoms with Gasteiger partial charge in [-0.1, -0.05) is 15.9 Å². The average Bonchev–Trinajstić information content (AvgIpc) is 2.29. The van der Waals surface area contributed by atoms with Gasteiger partial charge in [0.25, 0.3) is 0 Å². The van der Waals surface area contributed by atoms with Crippen LogP contribution in [-0.2, 0) is 9.53 Å². The number of anilines is 2. The third kappa shape index (κ3) is 2.53. The van der Waals surface area contributed by atoms with Crippen LogP contribution in [0.2, 0.25) is 0 Å². The van der Waals surface area contributed by atoms with Gasteiger partial charge in [-0.2, -0.15) is 0 Å². The molecular formula is C11H14BrN3O2. The van der Waals surface area contributed by atoms with Gasteiger partial charge in [0, 0.05) is 11.0 Å². The number of amides is 1. The van der Waals surface area contributed by atoms with Gasteiger partial charge in [-0.3, -0.25) is 4.79 Å². The fraction of sp³-hybridized carbons (Fsp3) is 0.364. The van der Waals surface area contributed by atoms with Crippen LogP contribution < -0.4 is 16.4 Å². The maximum Gasteiger partial charge on any atom is 0.242 e. The Balaban J connectivity index is 2.32. The molecule has 0 radical (unpaired) electrons. The van der Waals surface area contributed by atoms with Crippen molar-refractivity contribution >= 4 is 33.2 Å². The van der Waals surface area contributed by atoms with Crippen LogP contribution in [0.5, 0.6) is 0 Å². The van der Waals surface area contributed by atoms with Gasteiger partial charge >= 0.3 is 0 Å². The highest BCUT2D eigenvalue weighted by Gasteiger charge is 2.28. The molecule has 1 amide bonds. The number of hydrogen-bond donors (Lipinski definition) is 2. The van der Waals surface area contributed by atoms with Gasteiger partial charge < -0.3 is 21.1 Å². The second-order valence-electron chi connectivity index (χ2n) is 3.89. The quantitative estimate of drug-likeness (QED) is 0.789. The first-order valence-electron chi connectivity index (χ1n) is 5.28. The summed E-state index contributed by atoms with van der Waals surface area (Å²) in [4.78, 5) is 13.3. The zero-order chi connectivity index (χ0) is 12.4. The largest absolute Gasteiger partial charge is 0.397 e. The Bertz CT molecular complexity index is 439. The van der Waals surface area contributed by atoms with Crippen molar-refractivity contribution < 1.29 is 9.53 Å². The van der Waals surface area contributed by atoms with Crippen molar-refractivity contribution in [2.24, 2.45) is 5.73 Å². The zero-order valence-electron chi connectivity index (χ0n) is 9.23. The first kappa shape index (κ1) is 12.2. The van der Waals surface area contributed by atoms with Crippen molar-refractivity contribution in [3.05, 3.63) is 22.7 Å². The Hall–Kier alpha value is -1.27. The van der Waals surface area contributed by atoms with Crippen LogP contribution in [0.25, 0.3) is 0 Å². The molecule has 17 heavy (non-hydrogen) atoms. The van der Waals surface area contributed by atoms with Crippen LogP contribution in [0.1, 0.15) is 0 Å². The number of carbonyl (C=O) groups is 1. The van der Waals surface area contributed by atoms with Gasteiger partial charge in [-0.25, -0.2) is 0 Å². The number of ether oxygens (including phenoxy) is 1. The fourth-order valence-corrected chi connectivity index (χ4v) is 2.29. The van der Waals surface area contributed by atoms with Crippen LogP contribution in [0.3, 0.4) is 0 Å². The third-order valence-electron chi connectivity index (χ3n) is 2.76. The molecule has 1 aliphatic heterocycles. The van der Waals surface area contributed by atoms with Crippen molar-refractivity contribution in [2.75, 3.05) is 30.4 Å². The molecule has 92 valence electrons. The molecule has 1 atom stereocenters. The number of carbonyl (C=O) groups excluding carboxylic acids is 1. The maximum atomic E-state index is 11.4. The normalized spacial score (nSPS) is 20.3. The molecule has 6 heteroatoms. The number of nitrogens with two attached hydrogens (primary N) is 2. The highest BCUT2D eigenvalue weighted by molar-refractivity contribution is 9.10. The van der Waals surface area contributed by atoms with E-state index in [0.717, 1.165) is 10.2 Å². The smallest absolute Gasteiger partial charge is 0.242 e. The molecular weight excluding hydrogens is 286 g/mol. The molecule has 2 rings (SSSR count). The second kappa shape index (κ2) is 4.93. The molecule has 1 unspecified atom stereocenters. The van der Waals surface area contributed by atoms with Gasteiger partial charge in [-0.05, 0) is 18.2 Å². The minimum Gasteiger partial charge on any atom is -0.397 e. The minimum absolute atomic E-state index is 0.310. The van der Waals surface area contributed by atoms with E-state index >= 15 is 0 Å². The summed E-state index contributed by atoms with van der Waals surface area (Å²) in [7, 11) is 0. The molecule has 1 fully saturated rings. The Morgan fingerprint density at radius 2 is 2.29 bits per heavy atom. The summed E-state index contributed by atoms with van der Waals surface area (Å²) in [5, 5.41) is 0. The lowest BCUT2D eigenvalue weighted by molar-refractivity contribution is -0.121. The summed E-state index contributed by atoms with van der Waals surface area (Å²) in [5.74, 6) is -0.396. The topological polar surface area (TPSA) is 81.6 Å². The van der Waals surface area contributed by atoms with E-state index in [4.69, 9.17) is 16.2 Å². The molecule has 0 saturated carbocycles. The summed E-state index contributed by atoms with van der Waals surface area (Å²) < 4.78 is 6.17. The van der Waals surface area contributed by atoms with E-state index in [2.05, 4.69) is 15.9 Å². The molecule has 0 bridgehead atoms. The summed E-state index contributed by atoms with van der Waals surface area (Å²) in [5.41, 5.74) is 12.8. The van der Waals surface area contributed by atoms with E-state index < -0.39 is 11.9 Å². The van der Waals surface area contributed by atoms with Gasteiger partial charge in [0.15, 0.2) is 0 Å². The number of benzene rings is 1. The van der Waals surface area contributed by atoms with E-state index in [9.17, 15) is 4.79 Å². The van der Waals surface area contributed by atoms with E-state index in [1.165, 1.54) is 0 Å². The number of nitrogens with zero attached hydrogens (tertiary/aromatic N) is 1. The predicted molar refractivity (Wildman–Crippen MR) is 69.7 cm³/mol. The zero-order valence-corrected chi connectivity index (χ0v) is 10.8. The van der Waals surface area contributed by atoms with Crippen LogP contribution in [-0.4, -0.2) is 31.7 Å². The van der Waals surface area contributed by atoms with Crippen molar-refractivity contribution in [2.45, 2.75) is 6.04 Å².